The molecule has 0 rings (SSSR count). The molecule has 1 unspecified atom stereocenters. The summed E-state index contributed by atoms with van der Waals surface area (Å²) < 4.78 is 9.53. The van der Waals surface area contributed by atoms with Gasteiger partial charge in [-0.25, -0.2) is 0 Å². The van der Waals surface area contributed by atoms with E-state index in [-0.39, 0.29) is 12.7 Å². The molecule has 4 heteroatoms. The van der Waals surface area contributed by atoms with Crippen LogP contribution in [0.2, 0.25) is 0 Å². The Bertz CT molecular complexity index is 113. The smallest absolute Gasteiger partial charge is 0.306 e. The number of hydrogen-bond acceptors (Lipinski definition) is 3. The first-order valence-corrected chi connectivity index (χ1v) is 3.48. The zero-order valence-electron chi connectivity index (χ0n) is 6.87. The fourth-order valence-electron chi connectivity index (χ4n) is 0.526. The topological polar surface area (TPSA) is 55.8 Å². The first kappa shape index (κ1) is 10.4. The van der Waals surface area contributed by atoms with E-state index in [1.807, 2.05) is 0 Å². The second-order valence-electron chi connectivity index (χ2n) is 2.34. The van der Waals surface area contributed by atoms with E-state index in [1.54, 1.807) is 6.92 Å². The van der Waals surface area contributed by atoms with Gasteiger partial charge in [-0.15, -0.1) is 0 Å². The Balaban J connectivity index is 3.17. The molecule has 0 aromatic rings. The lowest BCUT2D eigenvalue weighted by Gasteiger charge is -2.05. The molecular formula is C7H14O4. The number of carboxylic acid groups (broad SMARTS) is 1. The normalized spacial score (nSPS) is 12.9. The van der Waals surface area contributed by atoms with Gasteiger partial charge in [-0.1, -0.05) is 6.92 Å². The van der Waals surface area contributed by atoms with E-state index >= 15 is 0 Å². The summed E-state index contributed by atoms with van der Waals surface area (Å²) in [4.78, 5) is 10.3. The van der Waals surface area contributed by atoms with Crippen molar-refractivity contribution in [2.24, 2.45) is 5.92 Å². The van der Waals surface area contributed by atoms with Gasteiger partial charge >= 0.3 is 5.97 Å². The lowest BCUT2D eigenvalue weighted by atomic mass is 10.1. The maximum absolute atomic E-state index is 10.3. The predicted octanol–water partition coefficient (Wildman–Crippen LogP) is 0.718. The highest BCUT2D eigenvalue weighted by Gasteiger charge is 2.09. The number of hydrogen-bond donors (Lipinski definition) is 1. The highest BCUT2D eigenvalue weighted by atomic mass is 16.7. The van der Waals surface area contributed by atoms with E-state index in [0.29, 0.717) is 13.0 Å². The van der Waals surface area contributed by atoms with Gasteiger partial charge in [0.05, 0.1) is 12.5 Å². The Morgan fingerprint density at radius 3 is 2.73 bits per heavy atom. The second-order valence-corrected chi connectivity index (χ2v) is 2.34. The van der Waals surface area contributed by atoms with Crippen LogP contribution in [0.3, 0.4) is 0 Å². The summed E-state index contributed by atoms with van der Waals surface area (Å²) in [7, 11) is 1.53. The van der Waals surface area contributed by atoms with Crippen LogP contribution in [0.4, 0.5) is 0 Å². The molecule has 1 atom stereocenters. The van der Waals surface area contributed by atoms with Crippen LogP contribution in [-0.2, 0) is 14.3 Å². The van der Waals surface area contributed by atoms with Crippen molar-refractivity contribution in [3.8, 4) is 0 Å². The minimum atomic E-state index is -0.786. The van der Waals surface area contributed by atoms with E-state index < -0.39 is 5.97 Å². The van der Waals surface area contributed by atoms with Gasteiger partial charge < -0.3 is 14.6 Å². The summed E-state index contributed by atoms with van der Waals surface area (Å²) >= 11 is 0. The summed E-state index contributed by atoms with van der Waals surface area (Å²) in [6, 6.07) is 0. The van der Waals surface area contributed by atoms with Crippen molar-refractivity contribution in [3.05, 3.63) is 0 Å². The Kier molecular flexibility index (Phi) is 5.78. The molecule has 0 saturated heterocycles. The van der Waals surface area contributed by atoms with Crippen molar-refractivity contribution in [2.75, 3.05) is 20.5 Å². The average Bonchev–Trinajstić information content (AvgIpc) is 1.97. The molecule has 66 valence electrons. The molecule has 0 aliphatic heterocycles. The van der Waals surface area contributed by atoms with Gasteiger partial charge in [-0.2, -0.15) is 0 Å². The number of ether oxygens (including phenoxy) is 2. The Hall–Kier alpha value is -0.610. The first-order valence-electron chi connectivity index (χ1n) is 3.48. The summed E-state index contributed by atoms with van der Waals surface area (Å²) in [5.41, 5.74) is 0. The van der Waals surface area contributed by atoms with Gasteiger partial charge in [0.15, 0.2) is 0 Å². The third-order valence-electron chi connectivity index (χ3n) is 1.32. The zero-order chi connectivity index (χ0) is 8.69. The number of methoxy groups -OCH3 is 1. The van der Waals surface area contributed by atoms with Gasteiger partial charge in [0.25, 0.3) is 0 Å². The molecule has 0 aromatic carbocycles. The molecule has 0 aliphatic rings. The first-order chi connectivity index (χ1) is 5.18. The molecule has 0 amide bonds. The van der Waals surface area contributed by atoms with E-state index in [2.05, 4.69) is 4.74 Å². The second kappa shape index (κ2) is 6.12. The lowest BCUT2D eigenvalue weighted by molar-refractivity contribution is -0.142. The Labute approximate surface area is 66.1 Å². The number of aliphatic carboxylic acids is 1. The number of carboxylic acids is 1. The maximum atomic E-state index is 10.3. The van der Waals surface area contributed by atoms with Crippen LogP contribution >= 0.6 is 0 Å². The Morgan fingerprint density at radius 1 is 1.64 bits per heavy atom. The molecular weight excluding hydrogens is 148 g/mol. The third kappa shape index (κ3) is 5.82. The monoisotopic (exact) mass is 162 g/mol. The van der Waals surface area contributed by atoms with Crippen LogP contribution in [-0.4, -0.2) is 31.6 Å². The molecule has 4 nitrogen and oxygen atoms in total. The van der Waals surface area contributed by atoms with Crippen molar-refractivity contribution < 1.29 is 19.4 Å². The van der Waals surface area contributed by atoms with Gasteiger partial charge in [-0.3, -0.25) is 4.79 Å². The molecule has 0 bridgehead atoms. The van der Waals surface area contributed by atoms with Gasteiger partial charge in [0.1, 0.15) is 6.79 Å². The predicted molar refractivity (Wildman–Crippen MR) is 39.2 cm³/mol. The number of rotatable bonds is 6. The fourth-order valence-corrected chi connectivity index (χ4v) is 0.526. The van der Waals surface area contributed by atoms with Crippen LogP contribution in [0.1, 0.15) is 13.3 Å². The zero-order valence-corrected chi connectivity index (χ0v) is 6.87. The SMILES string of the molecule is COCOCCC(C)C(=O)O. The van der Waals surface area contributed by atoms with Crippen LogP contribution in [0.25, 0.3) is 0 Å². The highest BCUT2D eigenvalue weighted by molar-refractivity contribution is 5.69. The maximum Gasteiger partial charge on any atom is 0.306 e. The molecule has 0 heterocycles. The van der Waals surface area contributed by atoms with Gasteiger partial charge in [0.2, 0.25) is 0 Å². The van der Waals surface area contributed by atoms with Gasteiger partial charge in [0, 0.05) is 7.11 Å². The van der Waals surface area contributed by atoms with Crippen molar-refractivity contribution in [1.82, 2.24) is 0 Å². The quantitative estimate of drug-likeness (QED) is 0.462. The van der Waals surface area contributed by atoms with E-state index in [0.717, 1.165) is 0 Å². The minimum Gasteiger partial charge on any atom is -0.481 e. The van der Waals surface area contributed by atoms with Crippen molar-refractivity contribution in [2.45, 2.75) is 13.3 Å². The summed E-state index contributed by atoms with van der Waals surface area (Å²) in [5, 5.41) is 8.45. The Morgan fingerprint density at radius 2 is 2.27 bits per heavy atom. The largest absolute Gasteiger partial charge is 0.481 e. The molecule has 0 radical (unpaired) electrons. The standard InChI is InChI=1S/C7H14O4/c1-6(7(8)9)3-4-11-5-10-2/h6H,3-5H2,1-2H3,(H,8,9). The summed E-state index contributed by atoms with van der Waals surface area (Å²) in [6.45, 7) is 2.31. The summed E-state index contributed by atoms with van der Waals surface area (Å²) in [6.07, 6.45) is 0.526. The summed E-state index contributed by atoms with van der Waals surface area (Å²) in [5.74, 6) is -1.13. The minimum absolute atomic E-state index is 0.229. The van der Waals surface area contributed by atoms with Crippen molar-refractivity contribution in [3.63, 3.8) is 0 Å². The van der Waals surface area contributed by atoms with E-state index in [9.17, 15) is 4.79 Å². The average molecular weight is 162 g/mol. The van der Waals surface area contributed by atoms with Crippen LogP contribution in [0, 0.1) is 5.92 Å². The molecule has 1 N–H and O–H groups in total. The third-order valence-corrected chi connectivity index (χ3v) is 1.32. The van der Waals surface area contributed by atoms with E-state index in [4.69, 9.17) is 9.84 Å². The molecule has 11 heavy (non-hydrogen) atoms. The van der Waals surface area contributed by atoms with Crippen molar-refractivity contribution >= 4 is 5.97 Å². The fraction of sp³-hybridized carbons (Fsp3) is 0.857. The van der Waals surface area contributed by atoms with Crippen LogP contribution < -0.4 is 0 Å². The highest BCUT2D eigenvalue weighted by Crippen LogP contribution is 2.00. The lowest BCUT2D eigenvalue weighted by Crippen LogP contribution is -2.12. The van der Waals surface area contributed by atoms with Crippen molar-refractivity contribution in [1.29, 1.82) is 0 Å². The van der Waals surface area contributed by atoms with Crippen LogP contribution in [0.15, 0.2) is 0 Å². The van der Waals surface area contributed by atoms with Gasteiger partial charge in [-0.05, 0) is 6.42 Å². The molecule has 0 spiro atoms. The van der Waals surface area contributed by atoms with Crippen LogP contribution in [0.5, 0.6) is 0 Å². The molecule has 0 fully saturated rings. The van der Waals surface area contributed by atoms with E-state index in [1.165, 1.54) is 7.11 Å². The molecule has 0 aromatic heterocycles. The molecule has 0 aliphatic carbocycles. The number of carbonyl (C=O) groups is 1. The molecule has 0 saturated carbocycles.